The molecule has 8 nitrogen and oxygen atoms in total. The SMILES string of the molecule is CCC(NC(=O)N1CC(=O)NCCC1=O)c1cccc(C(=O)O)c1. The number of urea groups is 1. The Labute approximate surface area is 138 Å². The molecule has 1 aromatic carbocycles. The van der Waals surface area contributed by atoms with E-state index in [1.807, 2.05) is 6.92 Å². The van der Waals surface area contributed by atoms with Crippen molar-refractivity contribution in [2.75, 3.05) is 13.1 Å². The van der Waals surface area contributed by atoms with Crippen LogP contribution in [0, 0.1) is 0 Å². The molecule has 4 amide bonds. The number of hydrogen-bond donors (Lipinski definition) is 3. The molecule has 1 saturated heterocycles. The second-order valence-corrected chi connectivity index (χ2v) is 5.42. The van der Waals surface area contributed by atoms with Gasteiger partial charge in [-0.3, -0.25) is 14.5 Å². The molecular formula is C16H19N3O5. The highest BCUT2D eigenvalue weighted by atomic mass is 16.4. The zero-order valence-corrected chi connectivity index (χ0v) is 13.2. The quantitative estimate of drug-likeness (QED) is 0.757. The van der Waals surface area contributed by atoms with Crippen molar-refractivity contribution in [2.45, 2.75) is 25.8 Å². The number of benzene rings is 1. The first kappa shape index (κ1) is 17.5. The fourth-order valence-corrected chi connectivity index (χ4v) is 2.45. The standard InChI is InChI=1S/C16H19N3O5/c1-2-12(10-4-3-5-11(8-10)15(22)23)18-16(24)19-9-13(20)17-7-6-14(19)21/h3-5,8,12H,2,6-7,9H2,1H3,(H,17,20)(H,18,24)(H,22,23). The predicted octanol–water partition coefficient (Wildman–Crippen LogP) is 0.894. The minimum Gasteiger partial charge on any atom is -0.478 e. The lowest BCUT2D eigenvalue weighted by Gasteiger charge is -2.23. The molecule has 2 rings (SSSR count). The molecule has 1 fully saturated rings. The number of hydrogen-bond acceptors (Lipinski definition) is 4. The summed E-state index contributed by atoms with van der Waals surface area (Å²) in [4.78, 5) is 47.8. The van der Waals surface area contributed by atoms with E-state index in [4.69, 9.17) is 5.11 Å². The van der Waals surface area contributed by atoms with Crippen LogP contribution in [-0.2, 0) is 9.59 Å². The van der Waals surface area contributed by atoms with Gasteiger partial charge in [0.05, 0.1) is 11.6 Å². The Morgan fingerprint density at radius 3 is 2.79 bits per heavy atom. The maximum Gasteiger partial charge on any atom is 0.335 e. The molecule has 8 heteroatoms. The highest BCUT2D eigenvalue weighted by Gasteiger charge is 2.28. The highest BCUT2D eigenvalue weighted by Crippen LogP contribution is 2.18. The van der Waals surface area contributed by atoms with Crippen LogP contribution < -0.4 is 10.6 Å². The van der Waals surface area contributed by atoms with Gasteiger partial charge in [-0.1, -0.05) is 19.1 Å². The summed E-state index contributed by atoms with van der Waals surface area (Å²) in [5, 5.41) is 14.3. The molecule has 0 radical (unpaired) electrons. The van der Waals surface area contributed by atoms with Crippen LogP contribution in [0.1, 0.15) is 41.7 Å². The monoisotopic (exact) mass is 333 g/mol. The number of nitrogens with zero attached hydrogens (tertiary/aromatic N) is 1. The third-order valence-electron chi connectivity index (χ3n) is 3.75. The number of amides is 4. The number of carboxylic acids is 1. The topological polar surface area (TPSA) is 116 Å². The Kier molecular flexibility index (Phi) is 5.51. The van der Waals surface area contributed by atoms with Gasteiger partial charge in [-0.25, -0.2) is 9.59 Å². The van der Waals surface area contributed by atoms with E-state index in [-0.39, 0.29) is 25.1 Å². The van der Waals surface area contributed by atoms with E-state index in [2.05, 4.69) is 10.6 Å². The summed E-state index contributed by atoms with van der Waals surface area (Å²) >= 11 is 0. The third-order valence-corrected chi connectivity index (χ3v) is 3.75. The van der Waals surface area contributed by atoms with Gasteiger partial charge in [0, 0.05) is 13.0 Å². The molecule has 24 heavy (non-hydrogen) atoms. The van der Waals surface area contributed by atoms with Crippen molar-refractivity contribution in [2.24, 2.45) is 0 Å². The second kappa shape index (κ2) is 7.58. The molecule has 0 saturated carbocycles. The van der Waals surface area contributed by atoms with Gasteiger partial charge < -0.3 is 15.7 Å². The van der Waals surface area contributed by atoms with Crippen molar-refractivity contribution < 1.29 is 24.3 Å². The summed E-state index contributed by atoms with van der Waals surface area (Å²) in [6, 6.07) is 5.12. The first-order chi connectivity index (χ1) is 11.4. The Balaban J connectivity index is 2.15. The van der Waals surface area contributed by atoms with Gasteiger partial charge in [-0.2, -0.15) is 0 Å². The molecule has 128 valence electrons. The molecule has 1 heterocycles. The average Bonchev–Trinajstić information content (AvgIpc) is 2.73. The van der Waals surface area contributed by atoms with Crippen LogP contribution in [0.25, 0.3) is 0 Å². The lowest BCUT2D eigenvalue weighted by Crippen LogP contribution is -2.47. The Morgan fingerprint density at radius 2 is 2.12 bits per heavy atom. The summed E-state index contributed by atoms with van der Waals surface area (Å²) in [6.07, 6.45) is 0.563. The van der Waals surface area contributed by atoms with Crippen molar-refractivity contribution in [1.29, 1.82) is 0 Å². The van der Waals surface area contributed by atoms with Crippen molar-refractivity contribution in [3.63, 3.8) is 0 Å². The van der Waals surface area contributed by atoms with E-state index in [1.165, 1.54) is 12.1 Å². The summed E-state index contributed by atoms with van der Waals surface area (Å²) in [6.45, 7) is 1.71. The van der Waals surface area contributed by atoms with Crippen LogP contribution in [0.2, 0.25) is 0 Å². The number of carbonyl (C=O) groups excluding carboxylic acids is 3. The maximum atomic E-state index is 12.4. The smallest absolute Gasteiger partial charge is 0.335 e. The fourth-order valence-electron chi connectivity index (χ4n) is 2.45. The fraction of sp³-hybridized carbons (Fsp3) is 0.375. The van der Waals surface area contributed by atoms with E-state index in [0.717, 1.165) is 4.90 Å². The maximum absolute atomic E-state index is 12.4. The zero-order chi connectivity index (χ0) is 17.7. The number of rotatable bonds is 4. The van der Waals surface area contributed by atoms with Gasteiger partial charge in [0.25, 0.3) is 0 Å². The largest absolute Gasteiger partial charge is 0.478 e. The molecule has 1 aliphatic heterocycles. The van der Waals surface area contributed by atoms with Crippen LogP contribution >= 0.6 is 0 Å². The average molecular weight is 333 g/mol. The van der Waals surface area contributed by atoms with E-state index in [9.17, 15) is 19.2 Å². The van der Waals surface area contributed by atoms with Gasteiger partial charge in [0.15, 0.2) is 0 Å². The molecule has 0 spiro atoms. The predicted molar refractivity (Wildman–Crippen MR) is 84.3 cm³/mol. The van der Waals surface area contributed by atoms with Crippen molar-refractivity contribution in [3.8, 4) is 0 Å². The summed E-state index contributed by atoms with van der Waals surface area (Å²) in [7, 11) is 0. The lowest BCUT2D eigenvalue weighted by atomic mass is 10.0. The molecule has 1 aromatic rings. The first-order valence-electron chi connectivity index (χ1n) is 7.63. The molecule has 1 aliphatic rings. The highest BCUT2D eigenvalue weighted by molar-refractivity contribution is 5.99. The van der Waals surface area contributed by atoms with Gasteiger partial charge in [0.1, 0.15) is 6.54 Å². The number of carbonyl (C=O) groups is 4. The minimum absolute atomic E-state index is 0.0600. The van der Waals surface area contributed by atoms with Gasteiger partial charge in [-0.05, 0) is 24.1 Å². The molecule has 0 bridgehead atoms. The number of carboxylic acid groups (broad SMARTS) is 1. The lowest BCUT2D eigenvalue weighted by molar-refractivity contribution is -0.130. The van der Waals surface area contributed by atoms with Crippen LogP contribution in [0.5, 0.6) is 0 Å². The molecule has 1 atom stereocenters. The Morgan fingerprint density at radius 1 is 1.38 bits per heavy atom. The summed E-state index contributed by atoms with van der Waals surface area (Å²) in [5.74, 6) is -1.88. The van der Waals surface area contributed by atoms with E-state index in [0.29, 0.717) is 12.0 Å². The van der Waals surface area contributed by atoms with E-state index in [1.54, 1.807) is 12.1 Å². The first-order valence-corrected chi connectivity index (χ1v) is 7.63. The van der Waals surface area contributed by atoms with E-state index < -0.39 is 29.9 Å². The third kappa shape index (κ3) is 4.09. The zero-order valence-electron chi connectivity index (χ0n) is 13.2. The molecule has 1 unspecified atom stereocenters. The minimum atomic E-state index is -1.06. The van der Waals surface area contributed by atoms with Gasteiger partial charge >= 0.3 is 12.0 Å². The number of imide groups is 1. The molecule has 0 aliphatic carbocycles. The Hall–Kier alpha value is -2.90. The molecule has 0 aromatic heterocycles. The van der Waals surface area contributed by atoms with E-state index >= 15 is 0 Å². The molecule has 3 N–H and O–H groups in total. The molecular weight excluding hydrogens is 314 g/mol. The number of aromatic carboxylic acids is 1. The van der Waals surface area contributed by atoms with Crippen molar-refractivity contribution in [3.05, 3.63) is 35.4 Å². The second-order valence-electron chi connectivity index (χ2n) is 5.42. The van der Waals surface area contributed by atoms with Gasteiger partial charge in [-0.15, -0.1) is 0 Å². The van der Waals surface area contributed by atoms with Crippen LogP contribution in [0.15, 0.2) is 24.3 Å². The Bertz CT molecular complexity index is 673. The summed E-state index contributed by atoms with van der Waals surface area (Å²) < 4.78 is 0. The summed E-state index contributed by atoms with van der Waals surface area (Å²) in [5.41, 5.74) is 0.739. The van der Waals surface area contributed by atoms with Gasteiger partial charge in [0.2, 0.25) is 11.8 Å². The van der Waals surface area contributed by atoms with Crippen LogP contribution in [0.4, 0.5) is 4.79 Å². The van der Waals surface area contributed by atoms with Crippen LogP contribution in [-0.4, -0.2) is 46.9 Å². The van der Waals surface area contributed by atoms with Crippen molar-refractivity contribution >= 4 is 23.8 Å². The number of nitrogens with one attached hydrogen (secondary N) is 2. The normalized spacial score (nSPS) is 16.1. The van der Waals surface area contributed by atoms with Crippen molar-refractivity contribution in [1.82, 2.24) is 15.5 Å². The van der Waals surface area contributed by atoms with Crippen LogP contribution in [0.3, 0.4) is 0 Å².